The van der Waals surface area contributed by atoms with Crippen LogP contribution >= 0.6 is 0 Å². The second-order valence-electron chi connectivity index (χ2n) is 8.06. The van der Waals surface area contributed by atoms with Gasteiger partial charge in [0.25, 0.3) is 0 Å². The van der Waals surface area contributed by atoms with Gasteiger partial charge in [0.15, 0.2) is 0 Å². The highest BCUT2D eigenvalue weighted by Crippen LogP contribution is 2.25. The molecule has 0 bridgehead atoms. The molecule has 0 atom stereocenters. The van der Waals surface area contributed by atoms with Crippen LogP contribution in [0.3, 0.4) is 0 Å². The van der Waals surface area contributed by atoms with Crippen molar-refractivity contribution in [1.82, 2.24) is 0 Å². The molecule has 0 radical (unpaired) electrons. The van der Waals surface area contributed by atoms with Gasteiger partial charge >= 0.3 is 24.1 Å². The quantitative estimate of drug-likeness (QED) is 0.115. The number of carbonyl (C=O) groups is 4. The predicted molar refractivity (Wildman–Crippen MR) is 138 cm³/mol. The number of phenols is 1. The van der Waals surface area contributed by atoms with Crippen LogP contribution in [0.15, 0.2) is 79.4 Å². The zero-order chi connectivity index (χ0) is 28.2. The number of benzene rings is 3. The van der Waals surface area contributed by atoms with E-state index in [1.54, 1.807) is 13.0 Å². The van der Waals surface area contributed by atoms with Gasteiger partial charge in [-0.25, -0.2) is 19.2 Å². The van der Waals surface area contributed by atoms with Crippen LogP contribution in [-0.2, 0) is 14.3 Å². The number of unbranched alkanes of at least 4 members (excludes halogenated alkanes) is 1. The van der Waals surface area contributed by atoms with E-state index < -0.39 is 24.1 Å². The Balaban J connectivity index is 1.45. The van der Waals surface area contributed by atoms with Crippen LogP contribution in [0, 0.1) is 6.92 Å². The summed E-state index contributed by atoms with van der Waals surface area (Å²) in [6.45, 7) is 5.27. The summed E-state index contributed by atoms with van der Waals surface area (Å²) >= 11 is 0. The topological polar surface area (TPSA) is 135 Å². The molecule has 202 valence electrons. The number of aromatic hydroxyl groups is 1. The van der Waals surface area contributed by atoms with E-state index in [9.17, 15) is 24.3 Å². The van der Waals surface area contributed by atoms with E-state index in [1.165, 1.54) is 60.7 Å². The van der Waals surface area contributed by atoms with E-state index in [1.807, 2.05) is 0 Å². The summed E-state index contributed by atoms with van der Waals surface area (Å²) in [4.78, 5) is 47.5. The average Bonchev–Trinajstić information content (AvgIpc) is 2.92. The molecule has 3 aromatic carbocycles. The molecule has 0 saturated carbocycles. The molecule has 10 heteroatoms. The van der Waals surface area contributed by atoms with E-state index in [2.05, 4.69) is 6.58 Å². The molecule has 0 fully saturated rings. The minimum atomic E-state index is -0.907. The van der Waals surface area contributed by atoms with Crippen molar-refractivity contribution in [1.29, 1.82) is 0 Å². The zero-order valence-corrected chi connectivity index (χ0v) is 21.1. The molecule has 0 amide bonds. The smallest absolute Gasteiger partial charge is 0.508 e. The van der Waals surface area contributed by atoms with Crippen molar-refractivity contribution in [2.24, 2.45) is 0 Å². The van der Waals surface area contributed by atoms with Crippen molar-refractivity contribution in [2.75, 3.05) is 13.2 Å². The molecule has 0 saturated heterocycles. The Labute approximate surface area is 224 Å². The molecule has 0 aromatic heterocycles. The van der Waals surface area contributed by atoms with Gasteiger partial charge in [0, 0.05) is 6.08 Å². The van der Waals surface area contributed by atoms with E-state index >= 15 is 0 Å². The average molecular weight is 535 g/mol. The third-order valence-corrected chi connectivity index (χ3v) is 5.12. The fraction of sp³-hybridized carbons (Fsp3) is 0.172. The summed E-state index contributed by atoms with van der Waals surface area (Å²) < 4.78 is 25.6. The number of ether oxygens (including phenoxy) is 5. The van der Waals surface area contributed by atoms with E-state index in [4.69, 9.17) is 23.7 Å². The van der Waals surface area contributed by atoms with Crippen molar-refractivity contribution >= 4 is 24.1 Å². The molecule has 0 heterocycles. The number of phenolic OH excluding ortho intramolecular Hbond substituents is 1. The lowest BCUT2D eigenvalue weighted by atomic mass is 10.2. The van der Waals surface area contributed by atoms with Gasteiger partial charge in [-0.05, 0) is 92.1 Å². The Morgan fingerprint density at radius 2 is 1.31 bits per heavy atom. The number of aryl methyl sites for hydroxylation is 1. The number of carbonyl (C=O) groups excluding carboxylic acids is 4. The van der Waals surface area contributed by atoms with Gasteiger partial charge in [0.1, 0.15) is 23.0 Å². The largest absolute Gasteiger partial charge is 0.513 e. The summed E-state index contributed by atoms with van der Waals surface area (Å²) in [5.74, 6) is -1.02. The lowest BCUT2D eigenvalue weighted by Gasteiger charge is -2.10. The molecule has 0 aliphatic carbocycles. The van der Waals surface area contributed by atoms with Crippen molar-refractivity contribution < 1.29 is 48.0 Å². The Kier molecular flexibility index (Phi) is 10.2. The number of esters is 3. The van der Waals surface area contributed by atoms with Crippen LogP contribution < -0.4 is 14.2 Å². The summed E-state index contributed by atoms with van der Waals surface area (Å²) in [7, 11) is 0. The lowest BCUT2D eigenvalue weighted by molar-refractivity contribution is -0.137. The summed E-state index contributed by atoms with van der Waals surface area (Å²) in [5, 5.41) is 9.34. The maximum Gasteiger partial charge on any atom is 0.513 e. The predicted octanol–water partition coefficient (Wildman–Crippen LogP) is 5.16. The van der Waals surface area contributed by atoms with Gasteiger partial charge in [-0.3, -0.25) is 0 Å². The number of rotatable bonds is 11. The third-order valence-electron chi connectivity index (χ3n) is 5.12. The highest BCUT2D eigenvalue weighted by molar-refractivity contribution is 5.92. The van der Waals surface area contributed by atoms with Gasteiger partial charge in [-0.15, -0.1) is 0 Å². The van der Waals surface area contributed by atoms with Crippen LogP contribution in [0.2, 0.25) is 0 Å². The fourth-order valence-corrected chi connectivity index (χ4v) is 3.10. The second kappa shape index (κ2) is 14.0. The highest BCUT2D eigenvalue weighted by atomic mass is 16.7. The SMILES string of the molecule is C=CC(=O)OCCCCOC(=O)Oc1ccc(C(=O)Oc2ccc(OC(=O)c3ccc(O)cc3)c(C)c2)cc1. The first kappa shape index (κ1) is 28.5. The molecule has 0 aliphatic heterocycles. The Morgan fingerprint density at radius 1 is 0.744 bits per heavy atom. The Morgan fingerprint density at radius 3 is 1.92 bits per heavy atom. The highest BCUT2D eigenvalue weighted by Gasteiger charge is 2.14. The molecule has 1 N–H and O–H groups in total. The van der Waals surface area contributed by atoms with Crippen LogP contribution in [0.25, 0.3) is 0 Å². The van der Waals surface area contributed by atoms with Gasteiger partial charge < -0.3 is 28.8 Å². The Bertz CT molecular complexity index is 1330. The maximum absolute atomic E-state index is 12.5. The van der Waals surface area contributed by atoms with Gasteiger partial charge in [0.2, 0.25) is 0 Å². The van der Waals surface area contributed by atoms with Crippen LogP contribution in [0.1, 0.15) is 39.1 Å². The first-order valence-electron chi connectivity index (χ1n) is 11.8. The first-order chi connectivity index (χ1) is 18.7. The lowest BCUT2D eigenvalue weighted by Crippen LogP contribution is -2.13. The van der Waals surface area contributed by atoms with Gasteiger partial charge in [-0.1, -0.05) is 6.58 Å². The summed E-state index contributed by atoms with van der Waals surface area (Å²) in [6.07, 6.45) is 1.15. The molecule has 0 aliphatic rings. The Hall–Kier alpha value is -5.12. The zero-order valence-electron chi connectivity index (χ0n) is 21.1. The van der Waals surface area contributed by atoms with Crippen LogP contribution in [0.5, 0.6) is 23.0 Å². The summed E-state index contributed by atoms with van der Waals surface area (Å²) in [5.41, 5.74) is 1.05. The first-order valence-corrected chi connectivity index (χ1v) is 11.8. The minimum Gasteiger partial charge on any atom is -0.508 e. The molecule has 3 aromatic rings. The molecule has 10 nitrogen and oxygen atoms in total. The second-order valence-corrected chi connectivity index (χ2v) is 8.06. The van der Waals surface area contributed by atoms with Crippen LogP contribution in [0.4, 0.5) is 4.79 Å². The number of hydrogen-bond donors (Lipinski definition) is 1. The summed E-state index contributed by atoms with van der Waals surface area (Å²) in [6, 6.07) is 15.9. The van der Waals surface area contributed by atoms with Gasteiger partial charge in [-0.2, -0.15) is 0 Å². The van der Waals surface area contributed by atoms with Crippen LogP contribution in [-0.4, -0.2) is 42.4 Å². The van der Waals surface area contributed by atoms with Crippen molar-refractivity contribution in [2.45, 2.75) is 19.8 Å². The van der Waals surface area contributed by atoms with Crippen molar-refractivity contribution in [3.63, 3.8) is 0 Å². The van der Waals surface area contributed by atoms with E-state index in [0.29, 0.717) is 18.4 Å². The molecule has 3 rings (SSSR count). The van der Waals surface area contributed by atoms with Crippen molar-refractivity contribution in [3.8, 4) is 23.0 Å². The molecule has 0 spiro atoms. The molecule has 39 heavy (non-hydrogen) atoms. The molecular formula is C29H26O10. The third kappa shape index (κ3) is 9.04. The molecular weight excluding hydrogens is 508 g/mol. The van der Waals surface area contributed by atoms with Crippen molar-refractivity contribution in [3.05, 3.63) is 96.1 Å². The fourth-order valence-electron chi connectivity index (χ4n) is 3.10. The monoisotopic (exact) mass is 534 g/mol. The minimum absolute atomic E-state index is 0.0348. The van der Waals surface area contributed by atoms with Gasteiger partial charge in [0.05, 0.1) is 24.3 Å². The molecule has 0 unspecified atom stereocenters. The normalized spacial score (nSPS) is 10.2. The van der Waals surface area contributed by atoms with E-state index in [0.717, 1.165) is 6.08 Å². The van der Waals surface area contributed by atoms with E-state index in [-0.39, 0.29) is 47.3 Å². The number of hydrogen-bond acceptors (Lipinski definition) is 10. The standard InChI is InChI=1S/C29H26O10/c1-3-26(31)35-16-4-5-17-36-29(34)38-23-12-8-21(9-13-23)27(32)37-24-14-15-25(19(2)18-24)39-28(33)20-6-10-22(30)11-7-20/h3,6-15,18,30H,1,4-5,16-17H2,2H3. The maximum atomic E-state index is 12.5.